The quantitative estimate of drug-likeness (QED) is 0.869. The van der Waals surface area contributed by atoms with Gasteiger partial charge in [-0.05, 0) is 35.4 Å². The molecule has 118 valence electrons. The molecule has 23 heavy (non-hydrogen) atoms. The average molecular weight is 309 g/mol. The molecule has 1 saturated heterocycles. The molecule has 0 aromatic heterocycles. The van der Waals surface area contributed by atoms with Gasteiger partial charge in [-0.1, -0.05) is 24.3 Å². The van der Waals surface area contributed by atoms with Gasteiger partial charge < -0.3 is 4.90 Å². The molecule has 0 unspecified atom stereocenters. The lowest BCUT2D eigenvalue weighted by Gasteiger charge is -2.36. The Hall–Kier alpha value is -2.38. The smallest absolute Gasteiger partial charge is 0.123 e. The molecule has 0 radical (unpaired) electrons. The molecule has 0 amide bonds. The zero-order valence-corrected chi connectivity index (χ0v) is 13.1. The molecule has 0 N–H and O–H groups in total. The zero-order chi connectivity index (χ0) is 16.1. The van der Waals surface area contributed by atoms with Gasteiger partial charge >= 0.3 is 0 Å². The number of nitriles is 1. The van der Waals surface area contributed by atoms with Crippen molar-refractivity contribution in [1.82, 2.24) is 4.90 Å². The molecule has 1 fully saturated rings. The second-order valence-corrected chi connectivity index (χ2v) is 5.89. The number of hydrogen-bond donors (Lipinski definition) is 0. The number of nitrogens with zero attached hydrogens (tertiary/aromatic N) is 3. The predicted octanol–water partition coefficient (Wildman–Crippen LogP) is 3.21. The third-order valence-electron chi connectivity index (χ3n) is 4.28. The van der Waals surface area contributed by atoms with E-state index in [0.29, 0.717) is 6.42 Å². The maximum atomic E-state index is 13.0. The van der Waals surface area contributed by atoms with Crippen LogP contribution >= 0.6 is 0 Å². The van der Waals surface area contributed by atoms with E-state index in [4.69, 9.17) is 5.26 Å². The van der Waals surface area contributed by atoms with E-state index < -0.39 is 0 Å². The van der Waals surface area contributed by atoms with Crippen LogP contribution < -0.4 is 4.90 Å². The first-order chi connectivity index (χ1) is 11.2. The lowest BCUT2D eigenvalue weighted by Crippen LogP contribution is -2.45. The van der Waals surface area contributed by atoms with E-state index in [1.807, 2.05) is 24.3 Å². The Labute approximate surface area is 136 Å². The lowest BCUT2D eigenvalue weighted by molar-refractivity contribution is 0.250. The van der Waals surface area contributed by atoms with Gasteiger partial charge in [-0.15, -0.1) is 0 Å². The van der Waals surface area contributed by atoms with E-state index >= 15 is 0 Å². The summed E-state index contributed by atoms with van der Waals surface area (Å²) in [6.07, 6.45) is 0.469. The highest BCUT2D eigenvalue weighted by atomic mass is 19.1. The van der Waals surface area contributed by atoms with Gasteiger partial charge in [0.05, 0.1) is 12.5 Å². The molecule has 0 atom stereocenters. The van der Waals surface area contributed by atoms with Gasteiger partial charge in [0.1, 0.15) is 5.82 Å². The molecule has 0 bridgehead atoms. The Morgan fingerprint density at radius 1 is 0.870 bits per heavy atom. The van der Waals surface area contributed by atoms with Gasteiger partial charge in [-0.2, -0.15) is 5.26 Å². The van der Waals surface area contributed by atoms with Crippen molar-refractivity contribution in [1.29, 1.82) is 5.26 Å². The van der Waals surface area contributed by atoms with Crippen molar-refractivity contribution >= 4 is 5.69 Å². The Kier molecular flexibility index (Phi) is 4.89. The van der Waals surface area contributed by atoms with Crippen LogP contribution in [0.15, 0.2) is 48.5 Å². The normalized spacial score (nSPS) is 15.4. The van der Waals surface area contributed by atoms with Crippen molar-refractivity contribution in [2.45, 2.75) is 13.0 Å². The van der Waals surface area contributed by atoms with Crippen LogP contribution in [0.25, 0.3) is 0 Å². The van der Waals surface area contributed by atoms with Crippen LogP contribution in [-0.2, 0) is 13.0 Å². The fourth-order valence-electron chi connectivity index (χ4n) is 2.93. The first-order valence-electron chi connectivity index (χ1n) is 7.92. The molecule has 4 heteroatoms. The summed E-state index contributed by atoms with van der Waals surface area (Å²) >= 11 is 0. The van der Waals surface area contributed by atoms with Crippen molar-refractivity contribution in [3.63, 3.8) is 0 Å². The molecule has 1 heterocycles. The fourth-order valence-corrected chi connectivity index (χ4v) is 2.93. The molecule has 2 aromatic rings. The summed E-state index contributed by atoms with van der Waals surface area (Å²) in [5.41, 5.74) is 3.44. The summed E-state index contributed by atoms with van der Waals surface area (Å²) in [6.45, 7) is 4.84. The monoisotopic (exact) mass is 309 g/mol. The second kappa shape index (κ2) is 7.26. The van der Waals surface area contributed by atoms with Crippen LogP contribution in [0, 0.1) is 17.1 Å². The molecular weight excluding hydrogens is 289 g/mol. The standard InChI is InChI=1S/C19H20FN3/c20-18-5-7-19(8-6-18)23-13-11-22(12-14-23)15-17-3-1-16(2-4-17)9-10-21/h1-8H,9,11-15H2. The Bertz CT molecular complexity index is 665. The van der Waals surface area contributed by atoms with E-state index in [9.17, 15) is 4.39 Å². The van der Waals surface area contributed by atoms with Gasteiger partial charge in [-0.25, -0.2) is 4.39 Å². The highest BCUT2D eigenvalue weighted by Crippen LogP contribution is 2.18. The molecule has 2 aromatic carbocycles. The van der Waals surface area contributed by atoms with E-state index in [-0.39, 0.29) is 5.82 Å². The van der Waals surface area contributed by atoms with Crippen molar-refractivity contribution in [2.24, 2.45) is 0 Å². The van der Waals surface area contributed by atoms with Gasteiger partial charge in [0.25, 0.3) is 0 Å². The van der Waals surface area contributed by atoms with E-state index in [1.165, 1.54) is 17.7 Å². The number of benzene rings is 2. The molecular formula is C19H20FN3. The van der Waals surface area contributed by atoms with Gasteiger partial charge in [-0.3, -0.25) is 4.90 Å². The minimum atomic E-state index is -0.188. The Balaban J connectivity index is 1.52. The first kappa shape index (κ1) is 15.5. The summed E-state index contributed by atoms with van der Waals surface area (Å²) in [7, 11) is 0. The lowest BCUT2D eigenvalue weighted by atomic mass is 10.1. The van der Waals surface area contributed by atoms with E-state index in [1.54, 1.807) is 0 Å². The minimum Gasteiger partial charge on any atom is -0.369 e. The second-order valence-electron chi connectivity index (χ2n) is 5.89. The third kappa shape index (κ3) is 4.08. The molecule has 0 spiro atoms. The number of halogens is 1. The minimum absolute atomic E-state index is 0.188. The average Bonchev–Trinajstić information content (AvgIpc) is 2.58. The molecule has 3 nitrogen and oxygen atoms in total. The molecule has 0 saturated carbocycles. The van der Waals surface area contributed by atoms with Crippen molar-refractivity contribution < 1.29 is 4.39 Å². The highest BCUT2D eigenvalue weighted by molar-refractivity contribution is 5.46. The zero-order valence-electron chi connectivity index (χ0n) is 13.1. The summed E-state index contributed by atoms with van der Waals surface area (Å²) in [6, 6.07) is 17.2. The summed E-state index contributed by atoms with van der Waals surface area (Å²) in [5.74, 6) is -0.188. The summed E-state index contributed by atoms with van der Waals surface area (Å²) in [5, 5.41) is 8.70. The van der Waals surface area contributed by atoms with Crippen LogP contribution in [0.2, 0.25) is 0 Å². The number of rotatable bonds is 4. The Morgan fingerprint density at radius 2 is 1.48 bits per heavy atom. The molecule has 1 aliphatic rings. The van der Waals surface area contributed by atoms with Gasteiger partial charge in [0.15, 0.2) is 0 Å². The van der Waals surface area contributed by atoms with Crippen molar-refractivity contribution in [3.05, 3.63) is 65.5 Å². The SMILES string of the molecule is N#CCc1ccc(CN2CCN(c3ccc(F)cc3)CC2)cc1. The largest absolute Gasteiger partial charge is 0.369 e. The van der Waals surface area contributed by atoms with Crippen LogP contribution in [-0.4, -0.2) is 31.1 Å². The third-order valence-corrected chi connectivity index (χ3v) is 4.28. The maximum Gasteiger partial charge on any atom is 0.123 e. The fraction of sp³-hybridized carbons (Fsp3) is 0.316. The van der Waals surface area contributed by atoms with Crippen molar-refractivity contribution in [3.8, 4) is 6.07 Å². The highest BCUT2D eigenvalue weighted by Gasteiger charge is 2.17. The molecule has 1 aliphatic heterocycles. The van der Waals surface area contributed by atoms with Crippen LogP contribution in [0.5, 0.6) is 0 Å². The van der Waals surface area contributed by atoms with Crippen LogP contribution in [0.3, 0.4) is 0 Å². The maximum absolute atomic E-state index is 13.0. The van der Waals surface area contributed by atoms with E-state index in [0.717, 1.165) is 44.0 Å². The number of hydrogen-bond acceptors (Lipinski definition) is 3. The van der Waals surface area contributed by atoms with Crippen LogP contribution in [0.1, 0.15) is 11.1 Å². The summed E-state index contributed by atoms with van der Waals surface area (Å²) in [4.78, 5) is 4.73. The first-order valence-corrected chi connectivity index (χ1v) is 7.92. The van der Waals surface area contributed by atoms with Gasteiger partial charge in [0, 0.05) is 38.4 Å². The van der Waals surface area contributed by atoms with Crippen LogP contribution in [0.4, 0.5) is 10.1 Å². The number of piperazine rings is 1. The molecule has 3 rings (SSSR count). The number of anilines is 1. The predicted molar refractivity (Wildman–Crippen MR) is 89.6 cm³/mol. The van der Waals surface area contributed by atoms with Crippen molar-refractivity contribution in [2.75, 3.05) is 31.1 Å². The summed E-state index contributed by atoms with van der Waals surface area (Å²) < 4.78 is 13.0. The molecule has 0 aliphatic carbocycles. The van der Waals surface area contributed by atoms with E-state index in [2.05, 4.69) is 28.0 Å². The Morgan fingerprint density at radius 3 is 2.09 bits per heavy atom. The topological polar surface area (TPSA) is 30.3 Å². The van der Waals surface area contributed by atoms with Gasteiger partial charge in [0.2, 0.25) is 0 Å².